The molecule has 0 aliphatic rings. The van der Waals surface area contributed by atoms with Crippen LogP contribution in [0, 0.1) is 12.7 Å². The molecule has 0 aliphatic heterocycles. The van der Waals surface area contributed by atoms with Gasteiger partial charge in [0.2, 0.25) is 0 Å². The van der Waals surface area contributed by atoms with Gasteiger partial charge in [-0.15, -0.1) is 0 Å². The molecule has 2 N–H and O–H groups in total. The molecule has 1 atom stereocenters. The Morgan fingerprint density at radius 3 is 2.58 bits per heavy atom. The molecule has 3 aromatic rings. The van der Waals surface area contributed by atoms with E-state index in [2.05, 4.69) is 24.4 Å². The molecule has 124 valence electrons. The van der Waals surface area contributed by atoms with Gasteiger partial charge in [0.15, 0.2) is 0 Å². The molecule has 0 saturated heterocycles. The van der Waals surface area contributed by atoms with Crippen molar-refractivity contribution in [3.63, 3.8) is 0 Å². The zero-order chi connectivity index (χ0) is 17.1. The first-order chi connectivity index (χ1) is 11.6. The number of aliphatic hydroxyl groups is 1. The molecule has 0 amide bonds. The van der Waals surface area contributed by atoms with E-state index in [-0.39, 0.29) is 18.5 Å². The van der Waals surface area contributed by atoms with Crippen molar-refractivity contribution < 1.29 is 9.50 Å². The van der Waals surface area contributed by atoms with Crippen LogP contribution in [0.1, 0.15) is 18.1 Å². The summed E-state index contributed by atoms with van der Waals surface area (Å²) >= 11 is 0. The van der Waals surface area contributed by atoms with Crippen molar-refractivity contribution in [1.29, 1.82) is 0 Å². The Bertz CT molecular complexity index is 846. The Balaban J connectivity index is 2.09. The molecular weight excluding hydrogens is 303 g/mol. The van der Waals surface area contributed by atoms with Crippen LogP contribution in [-0.2, 0) is 6.54 Å². The first-order valence-electron chi connectivity index (χ1n) is 8.07. The van der Waals surface area contributed by atoms with Crippen molar-refractivity contribution in [3.8, 4) is 11.3 Å². The summed E-state index contributed by atoms with van der Waals surface area (Å²) in [5, 5.41) is 13.6. The van der Waals surface area contributed by atoms with Crippen LogP contribution < -0.4 is 5.32 Å². The zero-order valence-electron chi connectivity index (χ0n) is 13.9. The smallest absolute Gasteiger partial charge is 0.123 e. The number of aliphatic hydroxyl groups excluding tert-OH is 1. The molecule has 0 saturated carbocycles. The summed E-state index contributed by atoms with van der Waals surface area (Å²) < 4.78 is 13.2. The molecule has 0 fully saturated rings. The SMILES string of the molecule is Cc1ccc2nc(-c3ccc(F)cc3)c(CNC(C)CO)cc2c1. The van der Waals surface area contributed by atoms with Crippen LogP contribution in [0.4, 0.5) is 4.39 Å². The molecule has 0 aliphatic carbocycles. The van der Waals surface area contributed by atoms with Crippen molar-refractivity contribution >= 4 is 10.9 Å². The summed E-state index contributed by atoms with van der Waals surface area (Å²) in [6.45, 7) is 4.65. The third-order valence-corrected chi connectivity index (χ3v) is 4.08. The molecular formula is C20H21FN2O. The Morgan fingerprint density at radius 1 is 1.12 bits per heavy atom. The largest absolute Gasteiger partial charge is 0.395 e. The number of nitrogens with one attached hydrogen (secondary N) is 1. The second-order valence-corrected chi connectivity index (χ2v) is 6.16. The summed E-state index contributed by atoms with van der Waals surface area (Å²) in [4.78, 5) is 4.80. The van der Waals surface area contributed by atoms with E-state index in [1.54, 1.807) is 12.1 Å². The van der Waals surface area contributed by atoms with Gasteiger partial charge in [-0.1, -0.05) is 11.6 Å². The predicted octanol–water partition coefficient (Wildman–Crippen LogP) is 3.82. The molecule has 24 heavy (non-hydrogen) atoms. The minimum Gasteiger partial charge on any atom is -0.395 e. The summed E-state index contributed by atoms with van der Waals surface area (Å²) in [5.74, 6) is -0.260. The first-order valence-corrected chi connectivity index (χ1v) is 8.07. The van der Waals surface area contributed by atoms with E-state index < -0.39 is 0 Å². The number of pyridine rings is 1. The average Bonchev–Trinajstić information content (AvgIpc) is 2.59. The summed E-state index contributed by atoms with van der Waals surface area (Å²) in [5.41, 5.74) is 4.84. The lowest BCUT2D eigenvalue weighted by atomic mass is 10.0. The molecule has 2 aromatic carbocycles. The molecule has 0 spiro atoms. The molecule has 3 rings (SSSR count). The highest BCUT2D eigenvalue weighted by molar-refractivity contribution is 5.84. The third kappa shape index (κ3) is 3.61. The van der Waals surface area contributed by atoms with Crippen molar-refractivity contribution in [1.82, 2.24) is 10.3 Å². The summed E-state index contributed by atoms with van der Waals surface area (Å²) in [7, 11) is 0. The van der Waals surface area contributed by atoms with Gasteiger partial charge in [0.1, 0.15) is 5.82 Å². The number of benzene rings is 2. The van der Waals surface area contributed by atoms with Gasteiger partial charge in [0.05, 0.1) is 17.8 Å². The van der Waals surface area contributed by atoms with Gasteiger partial charge in [0, 0.05) is 23.5 Å². The Hall–Kier alpha value is -2.30. The number of halogens is 1. The Kier molecular flexibility index (Phi) is 4.88. The number of rotatable bonds is 5. The maximum absolute atomic E-state index is 13.2. The van der Waals surface area contributed by atoms with E-state index in [1.165, 1.54) is 17.7 Å². The molecule has 1 aromatic heterocycles. The molecule has 1 unspecified atom stereocenters. The monoisotopic (exact) mass is 324 g/mol. The summed E-state index contributed by atoms with van der Waals surface area (Å²) in [6.07, 6.45) is 0. The minimum absolute atomic E-state index is 0.000672. The van der Waals surface area contributed by atoms with E-state index in [9.17, 15) is 9.50 Å². The zero-order valence-corrected chi connectivity index (χ0v) is 13.9. The maximum atomic E-state index is 13.2. The second-order valence-electron chi connectivity index (χ2n) is 6.16. The number of hydrogen-bond donors (Lipinski definition) is 2. The number of fused-ring (bicyclic) bond motifs is 1. The van der Waals surface area contributed by atoms with Crippen LogP contribution in [0.25, 0.3) is 22.2 Å². The fraction of sp³-hybridized carbons (Fsp3) is 0.250. The number of aromatic nitrogens is 1. The van der Waals surface area contributed by atoms with E-state index in [1.807, 2.05) is 19.1 Å². The van der Waals surface area contributed by atoms with Crippen LogP contribution in [0.3, 0.4) is 0 Å². The van der Waals surface area contributed by atoms with E-state index in [0.29, 0.717) is 6.54 Å². The highest BCUT2D eigenvalue weighted by Crippen LogP contribution is 2.26. The van der Waals surface area contributed by atoms with Gasteiger partial charge in [-0.25, -0.2) is 9.37 Å². The first kappa shape index (κ1) is 16.6. The third-order valence-electron chi connectivity index (χ3n) is 4.08. The predicted molar refractivity (Wildman–Crippen MR) is 95.3 cm³/mol. The normalized spacial score (nSPS) is 12.5. The topological polar surface area (TPSA) is 45.2 Å². The highest BCUT2D eigenvalue weighted by atomic mass is 19.1. The minimum atomic E-state index is -0.260. The number of hydrogen-bond acceptors (Lipinski definition) is 3. The van der Waals surface area contributed by atoms with Gasteiger partial charge < -0.3 is 10.4 Å². The maximum Gasteiger partial charge on any atom is 0.123 e. The Morgan fingerprint density at radius 2 is 1.88 bits per heavy atom. The fourth-order valence-corrected chi connectivity index (χ4v) is 2.68. The average molecular weight is 324 g/mol. The van der Waals surface area contributed by atoms with Gasteiger partial charge in [-0.3, -0.25) is 0 Å². The molecule has 0 radical (unpaired) electrons. The lowest BCUT2D eigenvalue weighted by Crippen LogP contribution is -2.28. The standard InChI is InChI=1S/C20H21FN2O/c1-13-3-8-19-16(9-13)10-17(11-22-14(2)12-24)20(23-19)15-4-6-18(21)7-5-15/h3-10,14,22,24H,11-12H2,1-2H3. The van der Waals surface area contributed by atoms with Gasteiger partial charge in [0.25, 0.3) is 0 Å². The Labute approximate surface area is 141 Å². The van der Waals surface area contributed by atoms with Crippen LogP contribution in [0.5, 0.6) is 0 Å². The van der Waals surface area contributed by atoms with Crippen LogP contribution >= 0.6 is 0 Å². The van der Waals surface area contributed by atoms with Gasteiger partial charge in [-0.05, 0) is 61.9 Å². The lowest BCUT2D eigenvalue weighted by molar-refractivity contribution is 0.251. The lowest BCUT2D eigenvalue weighted by Gasteiger charge is -2.15. The van der Waals surface area contributed by atoms with Crippen molar-refractivity contribution in [2.24, 2.45) is 0 Å². The second kappa shape index (κ2) is 7.07. The van der Waals surface area contributed by atoms with Crippen molar-refractivity contribution in [2.75, 3.05) is 6.61 Å². The van der Waals surface area contributed by atoms with Crippen LogP contribution in [0.15, 0.2) is 48.5 Å². The molecule has 1 heterocycles. The quantitative estimate of drug-likeness (QED) is 0.750. The summed E-state index contributed by atoms with van der Waals surface area (Å²) in [6, 6.07) is 14.7. The number of nitrogens with zero attached hydrogens (tertiary/aromatic N) is 1. The van der Waals surface area contributed by atoms with Gasteiger partial charge >= 0.3 is 0 Å². The van der Waals surface area contributed by atoms with E-state index in [0.717, 1.165) is 27.7 Å². The van der Waals surface area contributed by atoms with Crippen LogP contribution in [-0.4, -0.2) is 22.7 Å². The van der Waals surface area contributed by atoms with E-state index >= 15 is 0 Å². The van der Waals surface area contributed by atoms with Gasteiger partial charge in [-0.2, -0.15) is 0 Å². The molecule has 3 nitrogen and oxygen atoms in total. The number of aryl methyl sites for hydroxylation is 1. The fourth-order valence-electron chi connectivity index (χ4n) is 2.68. The van der Waals surface area contributed by atoms with Crippen molar-refractivity contribution in [3.05, 3.63) is 65.5 Å². The van der Waals surface area contributed by atoms with Crippen molar-refractivity contribution in [2.45, 2.75) is 26.4 Å². The highest BCUT2D eigenvalue weighted by Gasteiger charge is 2.11. The van der Waals surface area contributed by atoms with Crippen LogP contribution in [0.2, 0.25) is 0 Å². The molecule has 0 bridgehead atoms. The molecule has 4 heteroatoms. The van der Waals surface area contributed by atoms with E-state index in [4.69, 9.17) is 4.98 Å².